The minimum Gasteiger partial charge on any atom is -0.467 e. The zero-order chi connectivity index (χ0) is 7.49. The average Bonchev–Trinajstić information content (AvgIpc) is 1.86. The van der Waals surface area contributed by atoms with Gasteiger partial charge in [-0.2, -0.15) is 0 Å². The third-order valence-corrected chi connectivity index (χ3v) is 0.972. The van der Waals surface area contributed by atoms with Crippen LogP contribution in [0.3, 0.4) is 0 Å². The van der Waals surface area contributed by atoms with Crippen LogP contribution < -0.4 is 5.90 Å². The highest BCUT2D eigenvalue weighted by Crippen LogP contribution is 2.06. The van der Waals surface area contributed by atoms with Crippen molar-refractivity contribution in [2.45, 2.75) is 19.4 Å². The van der Waals surface area contributed by atoms with Crippen LogP contribution in [0.1, 0.15) is 13.8 Å². The Bertz CT molecular complexity index is 111. The first-order chi connectivity index (χ1) is 4.04. The van der Waals surface area contributed by atoms with Crippen LogP contribution in [0.5, 0.6) is 0 Å². The predicted molar refractivity (Wildman–Crippen MR) is 31.4 cm³/mol. The third-order valence-electron chi connectivity index (χ3n) is 0.972. The first-order valence-corrected chi connectivity index (χ1v) is 2.51. The molecule has 0 atom stereocenters. The van der Waals surface area contributed by atoms with E-state index in [0.29, 0.717) is 0 Å². The van der Waals surface area contributed by atoms with E-state index in [9.17, 15) is 4.79 Å². The minimum atomic E-state index is -1.03. The Labute approximate surface area is 53.9 Å². The summed E-state index contributed by atoms with van der Waals surface area (Å²) < 4.78 is 4.36. The number of esters is 1. The molecular weight excluding hydrogens is 122 g/mol. The van der Waals surface area contributed by atoms with Gasteiger partial charge in [0.2, 0.25) is 0 Å². The van der Waals surface area contributed by atoms with E-state index < -0.39 is 11.6 Å². The lowest BCUT2D eigenvalue weighted by atomic mass is 10.1. The molecule has 0 fully saturated rings. The number of carbonyl (C=O) groups is 1. The number of carbonyl (C=O) groups excluding carboxylic acids is 1. The van der Waals surface area contributed by atoms with Crippen molar-refractivity contribution in [2.75, 3.05) is 7.11 Å². The standard InChI is InChI=1S/C5H11NO3/c1-5(2,9-6)4(7)8-3/h6H2,1-3H3. The van der Waals surface area contributed by atoms with Crippen molar-refractivity contribution < 1.29 is 14.4 Å². The van der Waals surface area contributed by atoms with E-state index >= 15 is 0 Å². The fourth-order valence-electron chi connectivity index (χ4n) is 0.294. The van der Waals surface area contributed by atoms with Gasteiger partial charge in [0.1, 0.15) is 0 Å². The molecule has 0 rings (SSSR count). The Kier molecular flexibility index (Phi) is 2.61. The molecule has 0 bridgehead atoms. The van der Waals surface area contributed by atoms with E-state index in [0.717, 1.165) is 0 Å². The molecule has 0 spiro atoms. The molecule has 0 aliphatic rings. The van der Waals surface area contributed by atoms with Gasteiger partial charge in [-0.3, -0.25) is 4.84 Å². The van der Waals surface area contributed by atoms with Crippen LogP contribution in [0, 0.1) is 0 Å². The van der Waals surface area contributed by atoms with Crippen LogP contribution in [0.2, 0.25) is 0 Å². The van der Waals surface area contributed by atoms with Gasteiger partial charge in [0.25, 0.3) is 0 Å². The van der Waals surface area contributed by atoms with Gasteiger partial charge in [-0.25, -0.2) is 10.7 Å². The molecule has 0 unspecified atom stereocenters. The summed E-state index contributed by atoms with van der Waals surface area (Å²) in [6.07, 6.45) is 0. The second-order valence-electron chi connectivity index (χ2n) is 2.12. The third kappa shape index (κ3) is 1.99. The molecule has 0 aliphatic heterocycles. The van der Waals surface area contributed by atoms with Crippen LogP contribution in [-0.2, 0) is 14.4 Å². The molecule has 9 heavy (non-hydrogen) atoms. The summed E-state index contributed by atoms with van der Waals surface area (Å²) in [6.45, 7) is 3.05. The first-order valence-electron chi connectivity index (χ1n) is 2.51. The van der Waals surface area contributed by atoms with Crippen molar-refractivity contribution in [1.82, 2.24) is 0 Å². The van der Waals surface area contributed by atoms with Crippen LogP contribution in [0.15, 0.2) is 0 Å². The highest BCUT2D eigenvalue weighted by Gasteiger charge is 2.28. The topological polar surface area (TPSA) is 61.5 Å². The molecule has 0 aliphatic carbocycles. The summed E-state index contributed by atoms with van der Waals surface area (Å²) in [6, 6.07) is 0. The molecule has 0 aromatic rings. The molecule has 0 aromatic heterocycles. The monoisotopic (exact) mass is 133 g/mol. The molecule has 0 heterocycles. The number of nitrogens with two attached hydrogens (primary N) is 1. The SMILES string of the molecule is COC(=O)C(C)(C)ON. The second-order valence-corrected chi connectivity index (χ2v) is 2.12. The number of rotatable bonds is 2. The molecule has 0 amide bonds. The van der Waals surface area contributed by atoms with E-state index in [1.54, 1.807) is 0 Å². The van der Waals surface area contributed by atoms with E-state index in [-0.39, 0.29) is 0 Å². The number of hydrogen-bond acceptors (Lipinski definition) is 4. The summed E-state index contributed by atoms with van der Waals surface area (Å²) in [5.41, 5.74) is -1.03. The van der Waals surface area contributed by atoms with Gasteiger partial charge in [-0.1, -0.05) is 0 Å². The Morgan fingerprint density at radius 1 is 1.56 bits per heavy atom. The van der Waals surface area contributed by atoms with E-state index in [4.69, 9.17) is 5.90 Å². The Balaban J connectivity index is 3.97. The largest absolute Gasteiger partial charge is 0.467 e. The number of methoxy groups -OCH3 is 1. The molecule has 4 nitrogen and oxygen atoms in total. The molecule has 0 aromatic carbocycles. The van der Waals surface area contributed by atoms with Crippen LogP contribution in [-0.4, -0.2) is 18.7 Å². The maximum absolute atomic E-state index is 10.6. The molecule has 2 N–H and O–H groups in total. The van der Waals surface area contributed by atoms with E-state index in [2.05, 4.69) is 9.57 Å². The lowest BCUT2D eigenvalue weighted by Gasteiger charge is -2.17. The van der Waals surface area contributed by atoms with Crippen molar-refractivity contribution in [3.8, 4) is 0 Å². The molecule has 0 saturated carbocycles. The molecule has 4 heteroatoms. The van der Waals surface area contributed by atoms with Gasteiger partial charge in [0.05, 0.1) is 7.11 Å². The highest BCUT2D eigenvalue weighted by atomic mass is 16.7. The summed E-state index contributed by atoms with van der Waals surface area (Å²) in [4.78, 5) is 15.0. The lowest BCUT2D eigenvalue weighted by Crippen LogP contribution is -2.38. The normalized spacial score (nSPS) is 11.1. The smallest absolute Gasteiger partial charge is 0.339 e. The van der Waals surface area contributed by atoms with Crippen molar-refractivity contribution in [3.05, 3.63) is 0 Å². The predicted octanol–water partition coefficient (Wildman–Crippen LogP) is -0.172. The zero-order valence-electron chi connectivity index (χ0n) is 5.80. The fourth-order valence-corrected chi connectivity index (χ4v) is 0.294. The molecule has 0 radical (unpaired) electrons. The van der Waals surface area contributed by atoms with Crippen molar-refractivity contribution >= 4 is 5.97 Å². The summed E-state index contributed by atoms with van der Waals surface area (Å²) >= 11 is 0. The lowest BCUT2D eigenvalue weighted by molar-refractivity contribution is -0.165. The van der Waals surface area contributed by atoms with Crippen molar-refractivity contribution in [3.63, 3.8) is 0 Å². The molecular formula is C5H11NO3. The number of hydrogen-bond donors (Lipinski definition) is 1. The highest BCUT2D eigenvalue weighted by molar-refractivity contribution is 5.78. The van der Waals surface area contributed by atoms with Gasteiger partial charge in [0.15, 0.2) is 5.60 Å². The van der Waals surface area contributed by atoms with E-state index in [1.165, 1.54) is 21.0 Å². The maximum atomic E-state index is 10.6. The van der Waals surface area contributed by atoms with Gasteiger partial charge in [-0.05, 0) is 13.8 Å². The number of ether oxygens (including phenoxy) is 1. The summed E-state index contributed by atoms with van der Waals surface area (Å²) in [5.74, 6) is 4.30. The van der Waals surface area contributed by atoms with Crippen molar-refractivity contribution in [1.29, 1.82) is 0 Å². The van der Waals surface area contributed by atoms with Gasteiger partial charge >= 0.3 is 5.97 Å². The van der Waals surface area contributed by atoms with Crippen LogP contribution in [0.4, 0.5) is 0 Å². The van der Waals surface area contributed by atoms with E-state index in [1.807, 2.05) is 0 Å². The fraction of sp³-hybridized carbons (Fsp3) is 0.800. The van der Waals surface area contributed by atoms with Gasteiger partial charge in [-0.15, -0.1) is 0 Å². The molecule has 0 saturated heterocycles. The first kappa shape index (κ1) is 8.39. The minimum absolute atomic E-state index is 0.481. The summed E-state index contributed by atoms with van der Waals surface area (Å²) in [5, 5.41) is 0. The Morgan fingerprint density at radius 3 is 2.11 bits per heavy atom. The molecule has 54 valence electrons. The maximum Gasteiger partial charge on any atom is 0.339 e. The van der Waals surface area contributed by atoms with Crippen LogP contribution >= 0.6 is 0 Å². The quantitative estimate of drug-likeness (QED) is 0.419. The Morgan fingerprint density at radius 2 is 2.00 bits per heavy atom. The average molecular weight is 133 g/mol. The zero-order valence-corrected chi connectivity index (χ0v) is 5.80. The van der Waals surface area contributed by atoms with Gasteiger partial charge < -0.3 is 4.74 Å². The van der Waals surface area contributed by atoms with Gasteiger partial charge in [0, 0.05) is 0 Å². The second kappa shape index (κ2) is 2.80. The summed E-state index contributed by atoms with van der Waals surface area (Å²) in [7, 11) is 1.28. The van der Waals surface area contributed by atoms with Crippen LogP contribution in [0.25, 0.3) is 0 Å². The Hall–Kier alpha value is -0.610. The van der Waals surface area contributed by atoms with Crippen molar-refractivity contribution in [2.24, 2.45) is 5.90 Å².